The van der Waals surface area contributed by atoms with Crippen LogP contribution < -0.4 is 27.0 Å². The molecule has 7 atom stereocenters. The zero-order chi connectivity index (χ0) is 35.2. The second kappa shape index (κ2) is 16.3. The smallest absolute Gasteiger partial charge is 0.331 e. The first-order valence-electron chi connectivity index (χ1n) is 17.0. The molecule has 0 saturated carbocycles. The molecular formula is C30H51N9O9. The fourth-order valence-corrected chi connectivity index (χ4v) is 6.42. The van der Waals surface area contributed by atoms with Crippen LogP contribution in [-0.4, -0.2) is 139 Å². The Kier molecular flexibility index (Phi) is 12.7. The Hall–Kier alpha value is -3.42. The normalized spacial score (nSPS) is 27.8. The van der Waals surface area contributed by atoms with Crippen LogP contribution in [0, 0.1) is 5.92 Å². The van der Waals surface area contributed by atoms with Crippen molar-refractivity contribution < 1.29 is 44.1 Å². The van der Waals surface area contributed by atoms with Gasteiger partial charge in [-0.25, -0.2) is 26.5 Å². The summed E-state index contributed by atoms with van der Waals surface area (Å²) < 4.78 is 0. The number of hydrogen-bond donors (Lipinski definition) is 8. The van der Waals surface area contributed by atoms with Crippen LogP contribution in [0.3, 0.4) is 0 Å². The number of hydrazine groups is 4. The Balaban J connectivity index is 1.54. The van der Waals surface area contributed by atoms with Gasteiger partial charge in [-0.3, -0.25) is 44.0 Å². The van der Waals surface area contributed by atoms with Gasteiger partial charge in [-0.15, -0.1) is 0 Å². The molecule has 4 saturated heterocycles. The highest BCUT2D eigenvalue weighted by molar-refractivity contribution is 5.96. The molecule has 4 heterocycles. The van der Waals surface area contributed by atoms with E-state index in [1.165, 1.54) is 22.0 Å². The van der Waals surface area contributed by atoms with Crippen LogP contribution in [0.5, 0.6) is 0 Å². The Morgan fingerprint density at radius 2 is 1.10 bits per heavy atom. The molecule has 5 amide bonds. The van der Waals surface area contributed by atoms with Gasteiger partial charge in [0.25, 0.3) is 23.6 Å². The van der Waals surface area contributed by atoms with E-state index >= 15 is 0 Å². The summed E-state index contributed by atoms with van der Waals surface area (Å²) in [6.45, 7) is 5.52. The third-order valence-corrected chi connectivity index (χ3v) is 9.72. The van der Waals surface area contributed by atoms with Gasteiger partial charge in [-0.2, -0.15) is 0 Å². The van der Waals surface area contributed by atoms with E-state index in [1.807, 2.05) is 6.92 Å². The van der Waals surface area contributed by atoms with Crippen LogP contribution in [0.25, 0.3) is 0 Å². The van der Waals surface area contributed by atoms with Crippen molar-refractivity contribution in [1.82, 2.24) is 47.1 Å². The lowest BCUT2D eigenvalue weighted by Crippen LogP contribution is -2.70. The summed E-state index contributed by atoms with van der Waals surface area (Å²) in [7, 11) is 0. The van der Waals surface area contributed by atoms with Crippen LogP contribution in [0.1, 0.15) is 78.6 Å². The van der Waals surface area contributed by atoms with Crippen molar-refractivity contribution in [2.24, 2.45) is 5.92 Å². The molecule has 4 fully saturated rings. The monoisotopic (exact) mass is 681 g/mol. The minimum Gasteiger partial charge on any atom is -0.479 e. The van der Waals surface area contributed by atoms with E-state index in [9.17, 15) is 44.1 Å². The second-order valence-electron chi connectivity index (χ2n) is 13.2. The summed E-state index contributed by atoms with van der Waals surface area (Å²) in [5.41, 5.74) is 9.97. The van der Waals surface area contributed by atoms with Crippen LogP contribution in [0.4, 0.5) is 0 Å². The third kappa shape index (κ3) is 7.89. The summed E-state index contributed by atoms with van der Waals surface area (Å²) in [4.78, 5) is 80.6. The lowest BCUT2D eigenvalue weighted by atomic mass is 9.98. The molecule has 0 radical (unpaired) electrons. The molecule has 4 rings (SSSR count). The molecule has 0 spiro atoms. The maximum absolute atomic E-state index is 14.2. The van der Waals surface area contributed by atoms with Gasteiger partial charge in [0.05, 0.1) is 6.61 Å². The predicted octanol–water partition coefficient (Wildman–Crippen LogP) is -2.67. The van der Waals surface area contributed by atoms with Crippen molar-refractivity contribution in [3.05, 3.63) is 0 Å². The molecule has 270 valence electrons. The van der Waals surface area contributed by atoms with Crippen molar-refractivity contribution in [2.75, 3.05) is 32.8 Å². The number of rotatable bonds is 10. The molecular weight excluding hydrogens is 630 g/mol. The molecule has 0 aromatic heterocycles. The van der Waals surface area contributed by atoms with Gasteiger partial charge in [0.15, 0.2) is 5.54 Å². The number of aliphatic carboxylic acids is 1. The Labute approximate surface area is 279 Å². The minimum absolute atomic E-state index is 0.227. The first-order valence-corrected chi connectivity index (χ1v) is 17.0. The summed E-state index contributed by atoms with van der Waals surface area (Å²) in [6.07, 6.45) is 2.60. The zero-order valence-electron chi connectivity index (χ0n) is 27.9. The number of carbonyl (C=O) groups is 6. The molecule has 18 heteroatoms. The molecule has 7 unspecified atom stereocenters. The number of carboxylic acids is 1. The number of aliphatic hydroxyl groups excluding tert-OH is 2. The van der Waals surface area contributed by atoms with Gasteiger partial charge >= 0.3 is 5.97 Å². The molecule has 0 aliphatic carbocycles. The molecule has 18 nitrogen and oxygen atoms in total. The highest BCUT2D eigenvalue weighted by atomic mass is 16.4. The summed E-state index contributed by atoms with van der Waals surface area (Å²) in [6, 6.07) is -4.13. The maximum atomic E-state index is 14.2. The molecule has 4 aliphatic rings. The molecule has 4 aliphatic heterocycles. The van der Waals surface area contributed by atoms with E-state index < -0.39 is 77.9 Å². The number of carbonyl (C=O) groups excluding carboxylic acids is 5. The topological polar surface area (TPSA) is 236 Å². The lowest BCUT2D eigenvalue weighted by Gasteiger charge is -2.46. The van der Waals surface area contributed by atoms with E-state index in [0.29, 0.717) is 71.1 Å². The third-order valence-electron chi connectivity index (χ3n) is 9.72. The number of nitrogens with one attached hydrogen (secondary N) is 5. The van der Waals surface area contributed by atoms with Gasteiger partial charge < -0.3 is 20.6 Å². The van der Waals surface area contributed by atoms with Crippen LogP contribution >= 0.6 is 0 Å². The standard InChI is InChI=1S/C30H51N9O9/c1-4-18(2)23(41)28(46)39-22(12-8-16-34-39)27(45)38-21(11-7-15-33-38)26(44)37-20(10-6-14-32-37)25(43)36-19(9-5-13-31-36)24(42)35-30(3,17-40)29(47)48/h18-23,31-34,40-41H,4-17H2,1-3H3,(H,35,42)(H,47,48). The average Bonchev–Trinajstić information content (AvgIpc) is 3.12. The van der Waals surface area contributed by atoms with Crippen molar-refractivity contribution in [1.29, 1.82) is 0 Å². The Bertz CT molecular complexity index is 1220. The predicted molar refractivity (Wildman–Crippen MR) is 168 cm³/mol. The largest absolute Gasteiger partial charge is 0.479 e. The number of carboxylic acid groups (broad SMARTS) is 1. The van der Waals surface area contributed by atoms with Crippen LogP contribution in [0.15, 0.2) is 0 Å². The van der Waals surface area contributed by atoms with Gasteiger partial charge in [-0.1, -0.05) is 20.3 Å². The van der Waals surface area contributed by atoms with Gasteiger partial charge in [0, 0.05) is 26.2 Å². The quantitative estimate of drug-likeness (QED) is 0.118. The van der Waals surface area contributed by atoms with Crippen molar-refractivity contribution in [2.45, 2.75) is 114 Å². The number of amides is 5. The Morgan fingerprint density at radius 1 is 0.729 bits per heavy atom. The van der Waals surface area contributed by atoms with Gasteiger partial charge in [0.2, 0.25) is 5.91 Å². The molecule has 0 aromatic rings. The van der Waals surface area contributed by atoms with Crippen LogP contribution in [0.2, 0.25) is 0 Å². The van der Waals surface area contributed by atoms with Gasteiger partial charge in [0.1, 0.15) is 30.3 Å². The number of aliphatic hydroxyl groups is 2. The van der Waals surface area contributed by atoms with Crippen molar-refractivity contribution in [3.8, 4) is 0 Å². The van der Waals surface area contributed by atoms with Crippen molar-refractivity contribution in [3.63, 3.8) is 0 Å². The SMILES string of the molecule is CCC(C)C(O)C(=O)N1NCCCC1C(=O)N1NCCCC1C(=O)N1NCCCC1C(=O)N1NCCCC1C(=O)NC(C)(CO)C(=O)O. The molecule has 8 N–H and O–H groups in total. The van der Waals surface area contributed by atoms with E-state index in [1.54, 1.807) is 6.92 Å². The van der Waals surface area contributed by atoms with E-state index in [2.05, 4.69) is 27.0 Å². The van der Waals surface area contributed by atoms with Crippen LogP contribution in [-0.2, 0) is 28.8 Å². The van der Waals surface area contributed by atoms with E-state index in [4.69, 9.17) is 0 Å². The maximum Gasteiger partial charge on any atom is 0.331 e. The molecule has 0 aromatic carbocycles. The first kappa shape index (κ1) is 37.4. The fraction of sp³-hybridized carbons (Fsp3) is 0.800. The average molecular weight is 682 g/mol. The van der Waals surface area contributed by atoms with E-state index in [-0.39, 0.29) is 18.8 Å². The number of nitrogens with zero attached hydrogens (tertiary/aromatic N) is 4. The first-order chi connectivity index (χ1) is 22.9. The number of hydrogen-bond acceptors (Lipinski definition) is 12. The lowest BCUT2D eigenvalue weighted by molar-refractivity contribution is -0.169. The van der Waals surface area contributed by atoms with E-state index in [0.717, 1.165) is 5.01 Å². The molecule has 48 heavy (non-hydrogen) atoms. The summed E-state index contributed by atoms with van der Waals surface area (Å²) in [5.74, 6) is -4.75. The summed E-state index contributed by atoms with van der Waals surface area (Å²) in [5, 5.41) is 36.9. The molecule has 0 bridgehead atoms. The second-order valence-corrected chi connectivity index (χ2v) is 13.2. The summed E-state index contributed by atoms with van der Waals surface area (Å²) >= 11 is 0. The highest BCUT2D eigenvalue weighted by Crippen LogP contribution is 2.25. The Morgan fingerprint density at radius 3 is 1.50 bits per heavy atom. The van der Waals surface area contributed by atoms with Crippen molar-refractivity contribution >= 4 is 35.5 Å². The fourth-order valence-electron chi connectivity index (χ4n) is 6.42. The zero-order valence-corrected chi connectivity index (χ0v) is 27.9. The minimum atomic E-state index is -1.96. The highest BCUT2D eigenvalue weighted by Gasteiger charge is 2.47. The van der Waals surface area contributed by atoms with Gasteiger partial charge in [-0.05, 0) is 64.2 Å².